The highest BCUT2D eigenvalue weighted by atomic mass is 19.1. The van der Waals surface area contributed by atoms with E-state index < -0.39 is 22.6 Å². The van der Waals surface area contributed by atoms with Crippen LogP contribution < -0.4 is 16.6 Å². The van der Waals surface area contributed by atoms with Crippen LogP contribution >= 0.6 is 0 Å². The Labute approximate surface area is 231 Å². The average molecular weight is 542 g/mol. The molecule has 6 rings (SSSR count). The number of carbonyl (C=O) groups is 1. The Hall–Kier alpha value is -4.11. The van der Waals surface area contributed by atoms with Crippen molar-refractivity contribution >= 4 is 16.9 Å². The number of pyridine rings is 1. The van der Waals surface area contributed by atoms with E-state index >= 15 is 0 Å². The van der Waals surface area contributed by atoms with Crippen molar-refractivity contribution in [3.8, 4) is 16.8 Å². The Bertz CT molecular complexity index is 1700. The number of nitrogens with one attached hydrogen (secondary N) is 1. The minimum Gasteiger partial charge on any atom is -0.352 e. The van der Waals surface area contributed by atoms with Gasteiger partial charge in [-0.1, -0.05) is 42.5 Å². The largest absolute Gasteiger partial charge is 0.352 e. The first kappa shape index (κ1) is 26.1. The molecule has 0 saturated heterocycles. The summed E-state index contributed by atoms with van der Waals surface area (Å²) in [6.07, 6.45) is 5.12. The highest BCUT2D eigenvalue weighted by Crippen LogP contribution is 2.40. The van der Waals surface area contributed by atoms with Crippen molar-refractivity contribution in [2.24, 2.45) is 0 Å². The number of rotatable bonds is 6. The van der Waals surface area contributed by atoms with Crippen molar-refractivity contribution in [3.63, 3.8) is 0 Å². The van der Waals surface area contributed by atoms with Crippen molar-refractivity contribution in [1.29, 1.82) is 0 Å². The number of likely N-dealkylation sites (N-methyl/N-ethyl adjacent to an activating group) is 1. The van der Waals surface area contributed by atoms with Crippen LogP contribution in [-0.4, -0.2) is 50.6 Å². The molecule has 2 aromatic carbocycles. The van der Waals surface area contributed by atoms with Crippen molar-refractivity contribution in [1.82, 2.24) is 24.3 Å². The zero-order valence-corrected chi connectivity index (χ0v) is 22.6. The molecule has 0 radical (unpaired) electrons. The molecule has 2 heterocycles. The lowest BCUT2D eigenvalue weighted by Crippen LogP contribution is -2.50. The quantitative estimate of drug-likeness (QED) is 0.398. The summed E-state index contributed by atoms with van der Waals surface area (Å²) in [5.74, 6) is -0.591. The van der Waals surface area contributed by atoms with Crippen molar-refractivity contribution < 1.29 is 9.18 Å². The molecule has 0 atom stereocenters. The lowest BCUT2D eigenvalue weighted by molar-refractivity contribution is -0.128. The van der Waals surface area contributed by atoms with E-state index in [-0.39, 0.29) is 29.0 Å². The van der Waals surface area contributed by atoms with Crippen molar-refractivity contribution in [2.45, 2.75) is 56.1 Å². The molecule has 8 nitrogen and oxygen atoms in total. The molecule has 1 amide bonds. The smallest absolute Gasteiger partial charge is 0.337 e. The predicted molar refractivity (Wildman–Crippen MR) is 152 cm³/mol. The van der Waals surface area contributed by atoms with E-state index in [1.165, 1.54) is 9.13 Å². The van der Waals surface area contributed by atoms with Gasteiger partial charge in [-0.2, -0.15) is 0 Å². The molecule has 2 aliphatic carbocycles. The van der Waals surface area contributed by atoms with Gasteiger partial charge in [0.1, 0.15) is 5.82 Å². The second-order valence-corrected chi connectivity index (χ2v) is 11.1. The monoisotopic (exact) mass is 541 g/mol. The number of hydrogen-bond acceptors (Lipinski definition) is 5. The first-order chi connectivity index (χ1) is 19.3. The summed E-state index contributed by atoms with van der Waals surface area (Å²) >= 11 is 0. The number of carbonyl (C=O) groups excluding carboxylic acids is 1. The Morgan fingerprint density at radius 2 is 1.68 bits per heavy atom. The minimum atomic E-state index is -0.638. The zero-order valence-electron chi connectivity index (χ0n) is 22.6. The van der Waals surface area contributed by atoms with Gasteiger partial charge >= 0.3 is 5.69 Å². The second kappa shape index (κ2) is 10.1. The Kier molecular flexibility index (Phi) is 6.62. The fraction of sp³-hybridized carbons (Fsp3) is 0.355. The van der Waals surface area contributed by atoms with Crippen LogP contribution in [0, 0.1) is 5.82 Å². The van der Waals surface area contributed by atoms with Crippen LogP contribution in [0.1, 0.15) is 44.6 Å². The molecule has 2 saturated carbocycles. The molecular weight excluding hydrogens is 509 g/mol. The third-order valence-electron chi connectivity index (χ3n) is 8.50. The summed E-state index contributed by atoms with van der Waals surface area (Å²) in [4.78, 5) is 46.7. The minimum absolute atomic E-state index is 0.0128. The number of halogens is 1. The third-order valence-corrected chi connectivity index (χ3v) is 8.50. The van der Waals surface area contributed by atoms with Gasteiger partial charge in [-0.25, -0.2) is 18.7 Å². The van der Waals surface area contributed by atoms with Gasteiger partial charge < -0.3 is 5.32 Å². The molecule has 2 aromatic heterocycles. The van der Waals surface area contributed by atoms with Crippen LogP contribution in [0.25, 0.3) is 27.8 Å². The highest BCUT2D eigenvalue weighted by Gasteiger charge is 2.52. The maximum atomic E-state index is 14.3. The normalized spacial score (nSPS) is 20.0. The van der Waals surface area contributed by atoms with E-state index in [1.807, 2.05) is 67.5 Å². The van der Waals surface area contributed by atoms with E-state index in [0.29, 0.717) is 31.4 Å². The summed E-state index contributed by atoms with van der Waals surface area (Å²) in [6, 6.07) is 18.0. The van der Waals surface area contributed by atoms with Gasteiger partial charge in [0.15, 0.2) is 5.65 Å². The lowest BCUT2D eigenvalue weighted by atomic mass is 9.90. The SMILES string of the molecule is CN(C)C1(C(=O)NC2CCC(n3c(=O)c4cc(F)cnc4n(-c4cccc(-c5ccccc5)c4)c3=O)CC2)CC1. The first-order valence-corrected chi connectivity index (χ1v) is 13.8. The molecule has 40 heavy (non-hydrogen) atoms. The zero-order chi connectivity index (χ0) is 28.0. The number of fused-ring (bicyclic) bond motifs is 1. The maximum Gasteiger partial charge on any atom is 0.337 e. The summed E-state index contributed by atoms with van der Waals surface area (Å²) in [5, 5.41) is 3.25. The molecule has 9 heteroatoms. The molecule has 0 aliphatic heterocycles. The predicted octanol–water partition coefficient (Wildman–Crippen LogP) is 4.05. The van der Waals surface area contributed by atoms with Gasteiger partial charge in [0.2, 0.25) is 5.91 Å². The molecular formula is C31H32FN5O3. The summed E-state index contributed by atoms with van der Waals surface area (Å²) in [5.41, 5.74) is 1.10. The number of amides is 1. The van der Waals surface area contributed by atoms with Crippen LogP contribution in [0.15, 0.2) is 76.4 Å². The average Bonchev–Trinajstić information content (AvgIpc) is 3.78. The second-order valence-electron chi connectivity index (χ2n) is 11.1. The number of nitrogens with zero attached hydrogens (tertiary/aromatic N) is 4. The topological polar surface area (TPSA) is 89.2 Å². The summed E-state index contributed by atoms with van der Waals surface area (Å²) in [6.45, 7) is 0. The molecule has 206 valence electrons. The van der Waals surface area contributed by atoms with Crippen LogP contribution in [0.3, 0.4) is 0 Å². The fourth-order valence-corrected chi connectivity index (χ4v) is 5.99. The summed E-state index contributed by atoms with van der Waals surface area (Å²) in [7, 11) is 3.85. The first-order valence-electron chi connectivity index (χ1n) is 13.8. The van der Waals surface area contributed by atoms with Crippen LogP contribution in [0.5, 0.6) is 0 Å². The standard InChI is InChI=1S/C31H32FN5O3/c1-35(2)31(15-16-31)29(39)34-23-11-13-24(14-12-23)37-28(38)26-18-22(32)19-33-27(26)36(30(37)40)25-10-6-9-21(17-25)20-7-4-3-5-8-20/h3-10,17-19,23-24H,11-16H2,1-2H3,(H,34,39). The van der Waals surface area contributed by atoms with Crippen LogP contribution in [0.2, 0.25) is 0 Å². The van der Waals surface area contributed by atoms with E-state index in [2.05, 4.69) is 10.3 Å². The molecule has 4 aromatic rings. The third kappa shape index (κ3) is 4.54. The van der Waals surface area contributed by atoms with Crippen molar-refractivity contribution in [3.05, 3.63) is 93.5 Å². The number of hydrogen-bond donors (Lipinski definition) is 1. The van der Waals surface area contributed by atoms with E-state index in [0.717, 1.165) is 36.2 Å². The van der Waals surface area contributed by atoms with Crippen molar-refractivity contribution in [2.75, 3.05) is 14.1 Å². The molecule has 2 fully saturated rings. The number of benzene rings is 2. The Morgan fingerprint density at radius 3 is 2.35 bits per heavy atom. The molecule has 1 N–H and O–H groups in total. The van der Waals surface area contributed by atoms with Gasteiger partial charge in [0, 0.05) is 12.1 Å². The fourth-order valence-electron chi connectivity index (χ4n) is 5.99. The van der Waals surface area contributed by atoms with Gasteiger partial charge in [-0.05, 0) is 81.9 Å². The molecule has 0 bridgehead atoms. The van der Waals surface area contributed by atoms with Gasteiger partial charge in [0.05, 0.1) is 22.8 Å². The van der Waals surface area contributed by atoms with E-state index in [4.69, 9.17) is 0 Å². The molecule has 2 aliphatic rings. The highest BCUT2D eigenvalue weighted by molar-refractivity contribution is 5.89. The number of aromatic nitrogens is 3. The summed E-state index contributed by atoms with van der Waals surface area (Å²) < 4.78 is 17.0. The van der Waals surface area contributed by atoms with Gasteiger partial charge in [-0.15, -0.1) is 0 Å². The molecule has 0 unspecified atom stereocenters. The van der Waals surface area contributed by atoms with Crippen LogP contribution in [0.4, 0.5) is 4.39 Å². The Balaban J connectivity index is 1.36. The van der Waals surface area contributed by atoms with E-state index in [1.54, 1.807) is 6.07 Å². The van der Waals surface area contributed by atoms with Gasteiger partial charge in [0.25, 0.3) is 5.56 Å². The lowest BCUT2D eigenvalue weighted by Gasteiger charge is -2.32. The Morgan fingerprint density at radius 1 is 0.975 bits per heavy atom. The van der Waals surface area contributed by atoms with Crippen LogP contribution in [-0.2, 0) is 4.79 Å². The molecule has 0 spiro atoms. The maximum absolute atomic E-state index is 14.3. The van der Waals surface area contributed by atoms with E-state index in [9.17, 15) is 18.8 Å². The van der Waals surface area contributed by atoms with Gasteiger partial charge in [-0.3, -0.25) is 19.1 Å².